The van der Waals surface area contributed by atoms with Crippen molar-refractivity contribution in [2.75, 3.05) is 26.3 Å². The summed E-state index contributed by atoms with van der Waals surface area (Å²) in [6, 6.07) is -0.604. The second-order valence-electron chi connectivity index (χ2n) is 4.21. The second-order valence-corrected chi connectivity index (χ2v) is 4.21. The molecule has 1 amide bonds. The van der Waals surface area contributed by atoms with Gasteiger partial charge in [-0.1, -0.05) is 0 Å². The fraction of sp³-hybridized carbons (Fsp3) is 0.800. The Kier molecular flexibility index (Phi) is 3.40. The van der Waals surface area contributed by atoms with Crippen LogP contribution >= 0.6 is 0 Å². The fourth-order valence-electron chi connectivity index (χ4n) is 2.19. The highest BCUT2D eigenvalue weighted by atomic mass is 16.5. The normalized spacial score (nSPS) is 30.8. The van der Waals surface area contributed by atoms with Crippen molar-refractivity contribution in [1.82, 2.24) is 10.2 Å². The van der Waals surface area contributed by atoms with E-state index in [1.807, 2.05) is 0 Å². The van der Waals surface area contributed by atoms with E-state index < -0.39 is 12.0 Å². The molecule has 2 rings (SSSR count). The first-order chi connectivity index (χ1) is 7.68. The monoisotopic (exact) mass is 228 g/mol. The highest BCUT2D eigenvalue weighted by molar-refractivity contribution is 5.85. The summed E-state index contributed by atoms with van der Waals surface area (Å²) in [5, 5.41) is 12.3. The smallest absolute Gasteiger partial charge is 0.328 e. The van der Waals surface area contributed by atoms with Gasteiger partial charge in [-0.25, -0.2) is 4.79 Å². The minimum Gasteiger partial charge on any atom is -0.480 e. The van der Waals surface area contributed by atoms with Crippen molar-refractivity contribution in [3.63, 3.8) is 0 Å². The molecule has 90 valence electrons. The topological polar surface area (TPSA) is 78.9 Å². The molecule has 0 aromatic heterocycles. The van der Waals surface area contributed by atoms with Crippen LogP contribution < -0.4 is 5.32 Å². The molecule has 2 atom stereocenters. The number of nitrogens with one attached hydrogen (secondary N) is 1. The van der Waals surface area contributed by atoms with Gasteiger partial charge in [-0.3, -0.25) is 4.79 Å². The van der Waals surface area contributed by atoms with Gasteiger partial charge in [0.25, 0.3) is 0 Å². The number of nitrogens with zero attached hydrogens (tertiary/aromatic N) is 1. The molecule has 0 spiro atoms. The number of hydrogen-bond donors (Lipinski definition) is 2. The molecule has 2 heterocycles. The number of rotatable bonds is 3. The number of carboxylic acids is 1. The van der Waals surface area contributed by atoms with E-state index in [9.17, 15) is 9.59 Å². The lowest BCUT2D eigenvalue weighted by molar-refractivity contribution is -0.162. The van der Waals surface area contributed by atoms with Gasteiger partial charge in [-0.2, -0.15) is 0 Å². The third kappa shape index (κ3) is 2.33. The van der Waals surface area contributed by atoms with Gasteiger partial charge in [-0.15, -0.1) is 0 Å². The van der Waals surface area contributed by atoms with E-state index in [1.54, 1.807) is 0 Å². The molecule has 2 saturated heterocycles. The minimum absolute atomic E-state index is 0.00347. The number of ether oxygens (including phenoxy) is 1. The molecule has 2 aliphatic rings. The summed E-state index contributed by atoms with van der Waals surface area (Å²) in [5.74, 6) is -1.22. The Labute approximate surface area is 93.6 Å². The molecule has 2 N–H and O–H groups in total. The summed E-state index contributed by atoms with van der Waals surface area (Å²) >= 11 is 0. The molecule has 2 aliphatic heterocycles. The number of carbonyl (C=O) groups excluding carboxylic acids is 1. The third-order valence-electron chi connectivity index (χ3n) is 3.06. The highest BCUT2D eigenvalue weighted by Crippen LogP contribution is 2.13. The average Bonchev–Trinajstić information content (AvgIpc) is 2.73. The van der Waals surface area contributed by atoms with E-state index in [2.05, 4.69) is 5.32 Å². The minimum atomic E-state index is -0.994. The van der Waals surface area contributed by atoms with Gasteiger partial charge in [-0.05, 0) is 19.4 Å². The zero-order valence-electron chi connectivity index (χ0n) is 9.02. The number of morpholine rings is 1. The van der Waals surface area contributed by atoms with Crippen molar-refractivity contribution in [3.8, 4) is 0 Å². The average molecular weight is 228 g/mol. The van der Waals surface area contributed by atoms with Crippen molar-refractivity contribution in [3.05, 3.63) is 0 Å². The molecule has 0 bridgehead atoms. The van der Waals surface area contributed by atoms with Crippen molar-refractivity contribution < 1.29 is 19.4 Å². The van der Waals surface area contributed by atoms with Crippen LogP contribution in [0, 0.1) is 0 Å². The maximum atomic E-state index is 11.6. The third-order valence-corrected chi connectivity index (χ3v) is 3.06. The van der Waals surface area contributed by atoms with E-state index in [0.717, 1.165) is 19.4 Å². The maximum Gasteiger partial charge on any atom is 0.328 e. The van der Waals surface area contributed by atoms with Crippen LogP contribution in [-0.4, -0.2) is 60.3 Å². The van der Waals surface area contributed by atoms with Crippen LogP contribution in [0.4, 0.5) is 0 Å². The molecule has 2 unspecified atom stereocenters. The molecule has 6 heteroatoms. The molecule has 0 aromatic carbocycles. The largest absolute Gasteiger partial charge is 0.480 e. The van der Waals surface area contributed by atoms with Crippen molar-refractivity contribution >= 4 is 11.9 Å². The molecular formula is C10H16N2O4. The lowest BCUT2D eigenvalue weighted by Gasteiger charge is -2.34. The summed E-state index contributed by atoms with van der Waals surface area (Å²) in [7, 11) is 0. The highest BCUT2D eigenvalue weighted by Gasteiger charge is 2.35. The van der Waals surface area contributed by atoms with Crippen LogP contribution in [0.3, 0.4) is 0 Å². The van der Waals surface area contributed by atoms with Crippen molar-refractivity contribution in [1.29, 1.82) is 0 Å². The molecule has 0 radical (unpaired) electrons. The van der Waals surface area contributed by atoms with Crippen LogP contribution in [-0.2, 0) is 14.3 Å². The first-order valence-corrected chi connectivity index (χ1v) is 5.52. The first kappa shape index (κ1) is 11.3. The van der Waals surface area contributed by atoms with Gasteiger partial charge in [0, 0.05) is 12.6 Å². The lowest BCUT2D eigenvalue weighted by atomic mass is 10.1. The van der Waals surface area contributed by atoms with Crippen LogP contribution in [0.2, 0.25) is 0 Å². The Hall–Kier alpha value is -1.14. The lowest BCUT2D eigenvalue weighted by Crippen LogP contribution is -2.56. The second kappa shape index (κ2) is 4.80. The zero-order chi connectivity index (χ0) is 11.5. The Morgan fingerprint density at radius 3 is 3.06 bits per heavy atom. The Morgan fingerprint density at radius 2 is 2.44 bits per heavy atom. The van der Waals surface area contributed by atoms with E-state index in [1.165, 1.54) is 4.90 Å². The van der Waals surface area contributed by atoms with Gasteiger partial charge in [0.05, 0.1) is 6.61 Å². The Morgan fingerprint density at radius 1 is 1.62 bits per heavy atom. The summed E-state index contributed by atoms with van der Waals surface area (Å²) < 4.78 is 4.96. The van der Waals surface area contributed by atoms with Gasteiger partial charge >= 0.3 is 5.97 Å². The fourth-order valence-corrected chi connectivity index (χ4v) is 2.19. The quantitative estimate of drug-likeness (QED) is 0.651. The molecular weight excluding hydrogens is 212 g/mol. The summed E-state index contributed by atoms with van der Waals surface area (Å²) in [5.41, 5.74) is 0. The van der Waals surface area contributed by atoms with E-state index in [4.69, 9.17) is 9.84 Å². The number of hydrogen-bond acceptors (Lipinski definition) is 4. The van der Waals surface area contributed by atoms with Crippen LogP contribution in [0.15, 0.2) is 0 Å². The van der Waals surface area contributed by atoms with E-state index >= 15 is 0 Å². The van der Waals surface area contributed by atoms with E-state index in [0.29, 0.717) is 6.54 Å². The maximum absolute atomic E-state index is 11.6. The number of aliphatic carboxylic acids is 1. The van der Waals surface area contributed by atoms with Crippen molar-refractivity contribution in [2.24, 2.45) is 0 Å². The summed E-state index contributed by atoms with van der Waals surface area (Å²) in [6.45, 7) is 1.50. The van der Waals surface area contributed by atoms with Gasteiger partial charge in [0.1, 0.15) is 6.61 Å². The van der Waals surface area contributed by atoms with Crippen molar-refractivity contribution in [2.45, 2.75) is 24.9 Å². The summed E-state index contributed by atoms with van der Waals surface area (Å²) in [4.78, 5) is 24.0. The number of carbonyl (C=O) groups is 2. The predicted octanol–water partition coefficient (Wildman–Crippen LogP) is -0.950. The zero-order valence-corrected chi connectivity index (χ0v) is 9.02. The number of carboxylic acid groups (broad SMARTS) is 1. The van der Waals surface area contributed by atoms with Gasteiger partial charge < -0.3 is 20.1 Å². The molecule has 0 aliphatic carbocycles. The van der Waals surface area contributed by atoms with Gasteiger partial charge in [0.15, 0.2) is 6.04 Å². The standard InChI is InChI=1S/C10H16N2O4/c13-9-6-16-5-8(10(14)15)12(9)4-7-2-1-3-11-7/h7-8,11H,1-6H2,(H,14,15). The van der Waals surface area contributed by atoms with Crippen LogP contribution in [0.5, 0.6) is 0 Å². The molecule has 6 nitrogen and oxygen atoms in total. The first-order valence-electron chi connectivity index (χ1n) is 5.52. The number of amides is 1. The molecule has 0 aromatic rings. The Bertz CT molecular complexity index is 289. The van der Waals surface area contributed by atoms with Crippen LogP contribution in [0.25, 0.3) is 0 Å². The van der Waals surface area contributed by atoms with Crippen LogP contribution in [0.1, 0.15) is 12.8 Å². The SMILES string of the molecule is O=C(O)C1COCC(=O)N1CC1CCCN1. The molecule has 16 heavy (non-hydrogen) atoms. The predicted molar refractivity (Wildman–Crippen MR) is 55.0 cm³/mol. The summed E-state index contributed by atoms with van der Waals surface area (Å²) in [6.07, 6.45) is 2.08. The van der Waals surface area contributed by atoms with E-state index in [-0.39, 0.29) is 25.2 Å². The molecule has 2 fully saturated rings. The molecule has 0 saturated carbocycles. The van der Waals surface area contributed by atoms with Gasteiger partial charge in [0.2, 0.25) is 5.91 Å². The Balaban J connectivity index is 2.00.